The predicted molar refractivity (Wildman–Crippen MR) is 150 cm³/mol. The fourth-order valence-corrected chi connectivity index (χ4v) is 6.41. The molecule has 3 atom stereocenters. The van der Waals surface area contributed by atoms with Crippen molar-refractivity contribution in [3.05, 3.63) is 82.9 Å². The molecule has 9 nitrogen and oxygen atoms in total. The van der Waals surface area contributed by atoms with Gasteiger partial charge in [-0.05, 0) is 81.3 Å². The molecule has 0 radical (unpaired) electrons. The Bertz CT molecular complexity index is 1470. The number of carbonyl (C=O) groups is 2. The molecule has 212 valence electrons. The summed E-state index contributed by atoms with van der Waals surface area (Å²) in [6, 6.07) is 14.9. The van der Waals surface area contributed by atoms with Crippen LogP contribution >= 0.6 is 0 Å². The zero-order valence-corrected chi connectivity index (χ0v) is 23.5. The van der Waals surface area contributed by atoms with Crippen LogP contribution in [0, 0.1) is 19.7 Å². The number of halogens is 1. The lowest BCUT2D eigenvalue weighted by Gasteiger charge is -2.30. The quantitative estimate of drug-likeness (QED) is 0.411. The molecule has 40 heavy (non-hydrogen) atoms. The number of hydrogen-bond acceptors (Lipinski definition) is 6. The Hall–Kier alpha value is -3.57. The highest BCUT2D eigenvalue weighted by Gasteiger charge is 2.38. The number of benzene rings is 2. The van der Waals surface area contributed by atoms with Gasteiger partial charge in [-0.25, -0.2) is 17.5 Å². The molecule has 2 aliphatic rings. The molecule has 0 unspecified atom stereocenters. The van der Waals surface area contributed by atoms with Gasteiger partial charge in [-0.2, -0.15) is 5.10 Å². The first-order valence-electron chi connectivity index (χ1n) is 13.5. The molecule has 3 aromatic rings. The van der Waals surface area contributed by atoms with Gasteiger partial charge in [0.15, 0.2) is 9.84 Å². The third-order valence-electron chi connectivity index (χ3n) is 7.57. The zero-order chi connectivity index (χ0) is 28.4. The molecule has 1 saturated carbocycles. The summed E-state index contributed by atoms with van der Waals surface area (Å²) < 4.78 is 38.8. The molecule has 2 amide bonds. The number of sulfone groups is 1. The highest BCUT2D eigenvalue weighted by Crippen LogP contribution is 2.40. The molecule has 2 fully saturated rings. The Morgan fingerprint density at radius 3 is 2.35 bits per heavy atom. The van der Waals surface area contributed by atoms with Crippen LogP contribution in [0.15, 0.2) is 54.6 Å². The normalized spacial score (nSPS) is 20.6. The van der Waals surface area contributed by atoms with Gasteiger partial charge in [0.05, 0.1) is 22.9 Å². The Morgan fingerprint density at radius 2 is 1.73 bits per heavy atom. The van der Waals surface area contributed by atoms with Crippen molar-refractivity contribution in [2.45, 2.75) is 44.7 Å². The average Bonchev–Trinajstić information content (AvgIpc) is 3.62. The van der Waals surface area contributed by atoms with Crippen molar-refractivity contribution in [2.24, 2.45) is 0 Å². The van der Waals surface area contributed by atoms with Gasteiger partial charge in [-0.1, -0.05) is 12.1 Å². The van der Waals surface area contributed by atoms with Gasteiger partial charge in [-0.15, -0.1) is 0 Å². The predicted octanol–water partition coefficient (Wildman–Crippen LogP) is 2.52. The molecule has 1 aliphatic carbocycles. The first-order valence-corrected chi connectivity index (χ1v) is 15.3. The molecule has 5 rings (SSSR count). The summed E-state index contributed by atoms with van der Waals surface area (Å²) in [5.41, 5.74) is 4.19. The van der Waals surface area contributed by atoms with E-state index in [9.17, 15) is 22.4 Å². The van der Waals surface area contributed by atoms with E-state index < -0.39 is 15.9 Å². The second kappa shape index (κ2) is 11.5. The molecular formula is C29H34FN5O4S. The minimum absolute atomic E-state index is 0.0765. The van der Waals surface area contributed by atoms with Gasteiger partial charge in [0.1, 0.15) is 11.9 Å². The topological polar surface area (TPSA) is 113 Å². The molecule has 1 aliphatic heterocycles. The van der Waals surface area contributed by atoms with Crippen molar-refractivity contribution in [3.8, 4) is 5.69 Å². The van der Waals surface area contributed by atoms with Gasteiger partial charge in [0.25, 0.3) is 5.91 Å². The van der Waals surface area contributed by atoms with Crippen molar-refractivity contribution in [2.75, 3.05) is 31.1 Å². The molecule has 0 bridgehead atoms. The largest absolute Gasteiger partial charge is 0.340 e. The number of carbonyl (C=O) groups excluding carboxylic acids is 2. The summed E-state index contributed by atoms with van der Waals surface area (Å²) in [4.78, 5) is 28.1. The summed E-state index contributed by atoms with van der Waals surface area (Å²) in [5, 5.41) is 10.8. The van der Waals surface area contributed by atoms with Crippen LogP contribution in [0.2, 0.25) is 0 Å². The Labute approximate surface area is 233 Å². The Kier molecular flexibility index (Phi) is 8.04. The standard InChI is InChI=1S/C29H34FN5O4S/c1-19-17-20(2)35(33-19)24-9-5-22(6-10-24)28(36)32-26(29(37)34-13-15-40(38,39)16-14-34)11-12-31-27-18-25(27)21-3-7-23(30)8-4-21/h3-10,17,25-27,31H,11-16,18H2,1-2H3,(H,32,36)/t25-,26-,27+/m0/s1. The third kappa shape index (κ3) is 6.59. The van der Waals surface area contributed by atoms with E-state index in [1.807, 2.05) is 32.0 Å². The van der Waals surface area contributed by atoms with Gasteiger partial charge in [0, 0.05) is 36.3 Å². The van der Waals surface area contributed by atoms with Crippen LogP contribution in [0.1, 0.15) is 46.1 Å². The van der Waals surface area contributed by atoms with Crippen LogP contribution in [0.3, 0.4) is 0 Å². The van der Waals surface area contributed by atoms with Gasteiger partial charge in [0.2, 0.25) is 5.91 Å². The van der Waals surface area contributed by atoms with Crippen molar-refractivity contribution >= 4 is 21.7 Å². The Balaban J connectivity index is 1.23. The highest BCUT2D eigenvalue weighted by molar-refractivity contribution is 7.91. The van der Waals surface area contributed by atoms with Crippen molar-refractivity contribution in [3.63, 3.8) is 0 Å². The highest BCUT2D eigenvalue weighted by atomic mass is 32.2. The molecule has 2 N–H and O–H groups in total. The smallest absolute Gasteiger partial charge is 0.251 e. The number of amides is 2. The van der Waals surface area contributed by atoms with Crippen LogP contribution in [-0.2, 0) is 14.6 Å². The molecule has 1 aromatic heterocycles. The van der Waals surface area contributed by atoms with E-state index in [4.69, 9.17) is 0 Å². The lowest BCUT2D eigenvalue weighted by atomic mass is 10.1. The number of aromatic nitrogens is 2. The summed E-state index contributed by atoms with van der Waals surface area (Å²) >= 11 is 0. The molecule has 11 heteroatoms. The van der Waals surface area contributed by atoms with E-state index in [0.717, 1.165) is 29.1 Å². The average molecular weight is 568 g/mol. The lowest BCUT2D eigenvalue weighted by molar-refractivity contribution is -0.133. The molecule has 2 aromatic carbocycles. The number of rotatable bonds is 9. The Morgan fingerprint density at radius 1 is 1.05 bits per heavy atom. The second-order valence-electron chi connectivity index (χ2n) is 10.6. The molecular weight excluding hydrogens is 533 g/mol. The summed E-state index contributed by atoms with van der Waals surface area (Å²) in [6.07, 6.45) is 1.27. The number of nitrogens with zero attached hydrogens (tertiary/aromatic N) is 3. The van der Waals surface area contributed by atoms with Crippen LogP contribution in [0.5, 0.6) is 0 Å². The maximum Gasteiger partial charge on any atom is 0.251 e. The SMILES string of the molecule is Cc1cc(C)n(-c2ccc(C(=O)N[C@@H](CCN[C@@H]3C[C@H]3c3ccc(F)cc3)C(=O)N3CCS(=O)(=O)CC3)cc2)n1. The first-order chi connectivity index (χ1) is 19.1. The molecule has 0 spiro atoms. The van der Waals surface area contributed by atoms with Gasteiger partial charge >= 0.3 is 0 Å². The van der Waals surface area contributed by atoms with Gasteiger partial charge in [-0.3, -0.25) is 9.59 Å². The van der Waals surface area contributed by atoms with Crippen LogP contribution in [-0.4, -0.2) is 78.1 Å². The number of hydrogen-bond donors (Lipinski definition) is 2. The number of aryl methyl sites for hydroxylation is 2. The van der Waals surface area contributed by atoms with E-state index >= 15 is 0 Å². The van der Waals surface area contributed by atoms with Crippen LogP contribution in [0.25, 0.3) is 5.69 Å². The lowest BCUT2D eigenvalue weighted by Crippen LogP contribution is -2.53. The minimum Gasteiger partial charge on any atom is -0.340 e. The minimum atomic E-state index is -3.15. The number of nitrogens with one attached hydrogen (secondary N) is 2. The van der Waals surface area contributed by atoms with E-state index in [-0.39, 0.29) is 54.2 Å². The zero-order valence-electron chi connectivity index (χ0n) is 22.6. The second-order valence-corrected chi connectivity index (χ2v) is 12.9. The van der Waals surface area contributed by atoms with E-state index in [0.29, 0.717) is 18.5 Å². The summed E-state index contributed by atoms with van der Waals surface area (Å²) in [7, 11) is -3.15. The van der Waals surface area contributed by atoms with Crippen molar-refractivity contribution in [1.29, 1.82) is 0 Å². The van der Waals surface area contributed by atoms with Crippen molar-refractivity contribution in [1.82, 2.24) is 25.3 Å². The molecule has 1 saturated heterocycles. The van der Waals surface area contributed by atoms with Crippen molar-refractivity contribution < 1.29 is 22.4 Å². The maximum atomic E-state index is 13.4. The maximum absolute atomic E-state index is 13.4. The summed E-state index contributed by atoms with van der Waals surface area (Å²) in [5.74, 6) is -0.788. The van der Waals surface area contributed by atoms with E-state index in [2.05, 4.69) is 15.7 Å². The molecule has 2 heterocycles. The third-order valence-corrected chi connectivity index (χ3v) is 9.18. The van der Waals surface area contributed by atoms with Gasteiger partial charge < -0.3 is 15.5 Å². The fraction of sp³-hybridized carbons (Fsp3) is 0.414. The van der Waals surface area contributed by atoms with Crippen LogP contribution < -0.4 is 10.6 Å². The van der Waals surface area contributed by atoms with E-state index in [1.165, 1.54) is 17.0 Å². The van der Waals surface area contributed by atoms with E-state index in [1.54, 1.807) is 28.9 Å². The fourth-order valence-electron chi connectivity index (χ4n) is 5.21. The summed E-state index contributed by atoms with van der Waals surface area (Å²) in [6.45, 7) is 4.60. The van der Waals surface area contributed by atoms with Crippen LogP contribution in [0.4, 0.5) is 4.39 Å². The monoisotopic (exact) mass is 567 g/mol. The first kappa shape index (κ1) is 28.0.